The van der Waals surface area contributed by atoms with Crippen LogP contribution in [-0.4, -0.2) is 6.54 Å². The first-order chi connectivity index (χ1) is 10.3. The summed E-state index contributed by atoms with van der Waals surface area (Å²) in [7, 11) is 0. The molecule has 0 saturated heterocycles. The molecule has 3 heteroatoms. The number of hydrogen-bond acceptors (Lipinski definition) is 2. The first-order valence-electron chi connectivity index (χ1n) is 7.85. The molecule has 110 valence electrons. The van der Waals surface area contributed by atoms with Crippen molar-refractivity contribution in [3.8, 4) is 0 Å². The van der Waals surface area contributed by atoms with Gasteiger partial charge in [-0.3, -0.25) is 0 Å². The Morgan fingerprint density at radius 3 is 2.95 bits per heavy atom. The molecule has 1 aromatic carbocycles. The van der Waals surface area contributed by atoms with Crippen molar-refractivity contribution in [3.05, 3.63) is 56.2 Å². The van der Waals surface area contributed by atoms with E-state index in [1.165, 1.54) is 22.2 Å². The third kappa shape index (κ3) is 2.30. The standard InChI is InChI=1S/C18H20BrNS/c1-2-20-17(18-14(19)9-10-21-18)16-13-8-7-11-5-3-4-6-12(11)15(13)16/h3-6,9-10,13,15-17,20H,2,7-8H2,1H3. The Morgan fingerprint density at radius 1 is 1.33 bits per heavy atom. The van der Waals surface area contributed by atoms with E-state index in [4.69, 9.17) is 0 Å². The van der Waals surface area contributed by atoms with E-state index in [0.29, 0.717) is 6.04 Å². The van der Waals surface area contributed by atoms with E-state index in [1.54, 1.807) is 11.1 Å². The number of thiophene rings is 1. The van der Waals surface area contributed by atoms with Crippen LogP contribution in [0.5, 0.6) is 0 Å². The maximum absolute atomic E-state index is 3.76. The second-order valence-corrected chi connectivity index (χ2v) is 7.97. The molecule has 21 heavy (non-hydrogen) atoms. The van der Waals surface area contributed by atoms with Crippen molar-refractivity contribution in [2.45, 2.75) is 31.7 Å². The fourth-order valence-electron chi connectivity index (χ4n) is 4.23. The smallest absolute Gasteiger partial charge is 0.0463 e. The molecule has 0 spiro atoms. The molecule has 0 bridgehead atoms. The predicted molar refractivity (Wildman–Crippen MR) is 92.9 cm³/mol. The molecule has 2 aliphatic rings. The molecule has 0 radical (unpaired) electrons. The number of fused-ring (bicyclic) bond motifs is 3. The van der Waals surface area contributed by atoms with Crippen LogP contribution in [-0.2, 0) is 6.42 Å². The van der Waals surface area contributed by atoms with E-state index in [9.17, 15) is 0 Å². The zero-order valence-electron chi connectivity index (χ0n) is 12.2. The van der Waals surface area contributed by atoms with Gasteiger partial charge in [-0.25, -0.2) is 0 Å². The van der Waals surface area contributed by atoms with Gasteiger partial charge in [-0.05, 0) is 75.6 Å². The zero-order chi connectivity index (χ0) is 14.4. The Kier molecular flexibility index (Phi) is 3.68. The monoisotopic (exact) mass is 361 g/mol. The van der Waals surface area contributed by atoms with Gasteiger partial charge in [0.25, 0.3) is 0 Å². The molecule has 2 aromatic rings. The fourth-order valence-corrected chi connectivity index (χ4v) is 5.98. The highest BCUT2D eigenvalue weighted by atomic mass is 79.9. The van der Waals surface area contributed by atoms with Crippen LogP contribution in [0, 0.1) is 11.8 Å². The molecule has 1 N–H and O–H groups in total. The second-order valence-electron chi connectivity index (χ2n) is 6.17. The van der Waals surface area contributed by atoms with Crippen LogP contribution in [0.1, 0.15) is 41.3 Å². The highest BCUT2D eigenvalue weighted by Crippen LogP contribution is 2.64. The number of rotatable bonds is 4. The number of benzene rings is 1. The lowest BCUT2D eigenvalue weighted by atomic mass is 9.92. The highest BCUT2D eigenvalue weighted by Gasteiger charge is 2.56. The average Bonchev–Trinajstić information content (AvgIpc) is 3.10. The SMILES string of the molecule is CCNC(c1sccc1Br)C1C2CCc3ccccc3C21. The van der Waals surface area contributed by atoms with Crippen LogP contribution in [0.3, 0.4) is 0 Å². The van der Waals surface area contributed by atoms with Gasteiger partial charge in [0.2, 0.25) is 0 Å². The summed E-state index contributed by atoms with van der Waals surface area (Å²) in [6.45, 7) is 3.25. The molecular weight excluding hydrogens is 342 g/mol. The lowest BCUT2D eigenvalue weighted by molar-refractivity contribution is 0.465. The molecule has 4 rings (SSSR count). The first-order valence-corrected chi connectivity index (χ1v) is 9.52. The van der Waals surface area contributed by atoms with Crippen molar-refractivity contribution in [3.63, 3.8) is 0 Å². The van der Waals surface area contributed by atoms with Crippen LogP contribution < -0.4 is 5.32 Å². The van der Waals surface area contributed by atoms with Gasteiger partial charge >= 0.3 is 0 Å². The molecule has 1 fully saturated rings. The van der Waals surface area contributed by atoms with Crippen molar-refractivity contribution in [2.24, 2.45) is 11.8 Å². The van der Waals surface area contributed by atoms with Crippen LogP contribution >= 0.6 is 27.3 Å². The summed E-state index contributed by atoms with van der Waals surface area (Å²) in [5.74, 6) is 2.41. The topological polar surface area (TPSA) is 12.0 Å². The van der Waals surface area contributed by atoms with Gasteiger partial charge in [0.1, 0.15) is 0 Å². The van der Waals surface area contributed by atoms with E-state index in [1.807, 2.05) is 11.3 Å². The summed E-state index contributed by atoms with van der Waals surface area (Å²) in [6, 6.07) is 11.8. The van der Waals surface area contributed by atoms with Crippen molar-refractivity contribution in [2.75, 3.05) is 6.54 Å². The van der Waals surface area contributed by atoms with Crippen LogP contribution in [0.25, 0.3) is 0 Å². The minimum absolute atomic E-state index is 0.505. The van der Waals surface area contributed by atoms with E-state index in [0.717, 1.165) is 24.3 Å². The summed E-state index contributed by atoms with van der Waals surface area (Å²) in [6.07, 6.45) is 2.62. The Hall–Kier alpha value is -0.640. The molecule has 1 aromatic heterocycles. The molecule has 1 saturated carbocycles. The maximum atomic E-state index is 3.76. The molecule has 1 heterocycles. The summed E-state index contributed by atoms with van der Waals surface area (Å²) >= 11 is 5.62. The minimum atomic E-state index is 0.505. The molecule has 4 unspecified atom stereocenters. The van der Waals surface area contributed by atoms with Crippen LogP contribution in [0.4, 0.5) is 0 Å². The van der Waals surface area contributed by atoms with Gasteiger partial charge in [0, 0.05) is 15.4 Å². The van der Waals surface area contributed by atoms with Gasteiger partial charge < -0.3 is 5.32 Å². The van der Waals surface area contributed by atoms with Crippen molar-refractivity contribution in [1.29, 1.82) is 0 Å². The molecule has 2 aliphatic carbocycles. The van der Waals surface area contributed by atoms with Crippen molar-refractivity contribution >= 4 is 27.3 Å². The number of nitrogens with one attached hydrogen (secondary N) is 1. The lowest BCUT2D eigenvalue weighted by Gasteiger charge is -2.18. The number of hydrogen-bond donors (Lipinski definition) is 1. The highest BCUT2D eigenvalue weighted by molar-refractivity contribution is 9.10. The summed E-state index contributed by atoms with van der Waals surface area (Å²) in [4.78, 5) is 1.48. The molecule has 1 nitrogen and oxygen atoms in total. The molecule has 0 amide bonds. The third-order valence-electron chi connectivity index (χ3n) is 5.13. The molecule has 0 aliphatic heterocycles. The summed E-state index contributed by atoms with van der Waals surface area (Å²) in [5, 5.41) is 5.95. The third-order valence-corrected chi connectivity index (χ3v) is 7.08. The molecular formula is C18H20BrNS. The Bertz CT molecular complexity index is 650. The fraction of sp³-hybridized carbons (Fsp3) is 0.444. The quantitative estimate of drug-likeness (QED) is 0.794. The van der Waals surface area contributed by atoms with Gasteiger partial charge in [-0.2, -0.15) is 0 Å². The zero-order valence-corrected chi connectivity index (χ0v) is 14.6. The predicted octanol–water partition coefficient (Wildman–Crippen LogP) is 5.14. The average molecular weight is 362 g/mol. The summed E-state index contributed by atoms with van der Waals surface area (Å²) in [5.41, 5.74) is 3.20. The first kappa shape index (κ1) is 14.0. The number of halogens is 1. The maximum Gasteiger partial charge on any atom is 0.0463 e. The van der Waals surface area contributed by atoms with Gasteiger partial charge in [-0.1, -0.05) is 31.2 Å². The van der Waals surface area contributed by atoms with Gasteiger partial charge in [-0.15, -0.1) is 11.3 Å². The minimum Gasteiger partial charge on any atom is -0.309 e. The Balaban J connectivity index is 1.67. The normalized spacial score (nSPS) is 27.8. The van der Waals surface area contributed by atoms with E-state index in [2.05, 4.69) is 63.9 Å². The lowest BCUT2D eigenvalue weighted by Crippen LogP contribution is -2.23. The van der Waals surface area contributed by atoms with Crippen molar-refractivity contribution < 1.29 is 0 Å². The summed E-state index contributed by atoms with van der Waals surface area (Å²) < 4.78 is 1.27. The van der Waals surface area contributed by atoms with Crippen LogP contribution in [0.2, 0.25) is 0 Å². The number of aryl methyl sites for hydroxylation is 1. The second kappa shape index (κ2) is 5.53. The van der Waals surface area contributed by atoms with E-state index in [-0.39, 0.29) is 0 Å². The van der Waals surface area contributed by atoms with E-state index >= 15 is 0 Å². The largest absolute Gasteiger partial charge is 0.309 e. The van der Waals surface area contributed by atoms with Crippen LogP contribution in [0.15, 0.2) is 40.2 Å². The van der Waals surface area contributed by atoms with Crippen molar-refractivity contribution in [1.82, 2.24) is 5.32 Å². The van der Waals surface area contributed by atoms with Gasteiger partial charge in [0.15, 0.2) is 0 Å². The Labute approximate surface area is 138 Å². The van der Waals surface area contributed by atoms with Gasteiger partial charge in [0.05, 0.1) is 0 Å². The molecule has 4 atom stereocenters. The Morgan fingerprint density at radius 2 is 2.19 bits per heavy atom. The van der Waals surface area contributed by atoms with E-state index < -0.39 is 0 Å².